The number of hydrogen-bond donors (Lipinski definition) is 1. The minimum Gasteiger partial charge on any atom is -0.242 e. The van der Waals surface area contributed by atoms with Crippen LogP contribution in [-0.4, -0.2) is 12.1 Å². The summed E-state index contributed by atoms with van der Waals surface area (Å²) < 4.78 is 0. The first-order valence-electron chi connectivity index (χ1n) is 2.05. The molecule has 0 aromatic carbocycles. The number of nitrogens with one attached hydrogen (secondary N) is 1. The van der Waals surface area contributed by atoms with Crippen LogP contribution in [0.25, 0.3) is 0 Å². The van der Waals surface area contributed by atoms with Crippen LogP contribution >= 0.6 is 0 Å². The Morgan fingerprint density at radius 2 is 2.57 bits per heavy atom. The van der Waals surface area contributed by atoms with E-state index in [1.807, 2.05) is 12.9 Å². The molecule has 1 unspecified atom stereocenters. The van der Waals surface area contributed by atoms with Crippen LogP contribution in [0.4, 0.5) is 0 Å². The highest BCUT2D eigenvalue weighted by Crippen LogP contribution is 1.84. The van der Waals surface area contributed by atoms with Gasteiger partial charge in [0.15, 0.2) is 0 Å². The second-order valence-corrected chi connectivity index (χ2v) is 1.22. The average Bonchev–Trinajstić information content (AvgIpc) is 1.68. The Labute approximate surface area is 43.1 Å². The van der Waals surface area contributed by atoms with Crippen LogP contribution in [0.5, 0.6) is 0 Å². The van der Waals surface area contributed by atoms with Gasteiger partial charge in [-0.2, -0.15) is 0 Å². The minimum absolute atomic E-state index is 0.0394. The number of nitrogens with zero attached hydrogens (tertiary/aromatic N) is 1. The maximum Gasteiger partial charge on any atom is 0.0868 e. The normalized spacial score (nSPS) is 11.6. The molecular weight excluding hydrogens is 88.1 g/mol. The van der Waals surface area contributed by atoms with Crippen molar-refractivity contribution < 1.29 is 0 Å². The smallest absolute Gasteiger partial charge is 0.0868 e. The third-order valence-electron chi connectivity index (χ3n) is 0.609. The van der Waals surface area contributed by atoms with Crippen molar-refractivity contribution in [3.05, 3.63) is 12.7 Å². The maximum absolute atomic E-state index is 6.37. The molecule has 0 bridgehead atoms. The van der Waals surface area contributed by atoms with Crippen molar-refractivity contribution in [1.82, 2.24) is 0 Å². The SMILES string of the molecule is C=CC(C)N=C=N. The minimum atomic E-state index is 0.0394. The van der Waals surface area contributed by atoms with Gasteiger partial charge < -0.3 is 0 Å². The Kier molecular flexibility index (Phi) is 2.90. The van der Waals surface area contributed by atoms with E-state index in [9.17, 15) is 0 Å². The van der Waals surface area contributed by atoms with Gasteiger partial charge in [0, 0.05) is 0 Å². The van der Waals surface area contributed by atoms with Crippen LogP contribution in [0.1, 0.15) is 6.92 Å². The van der Waals surface area contributed by atoms with Crippen LogP contribution in [0.2, 0.25) is 0 Å². The van der Waals surface area contributed by atoms with Crippen molar-refractivity contribution in [2.45, 2.75) is 13.0 Å². The summed E-state index contributed by atoms with van der Waals surface area (Å²) in [5.41, 5.74) is 0. The van der Waals surface area contributed by atoms with Gasteiger partial charge in [-0.25, -0.2) is 10.4 Å². The third-order valence-corrected chi connectivity index (χ3v) is 0.609. The van der Waals surface area contributed by atoms with Crippen molar-refractivity contribution >= 4 is 6.01 Å². The second-order valence-electron chi connectivity index (χ2n) is 1.22. The average molecular weight is 96.1 g/mol. The van der Waals surface area contributed by atoms with Crippen molar-refractivity contribution in [1.29, 1.82) is 5.41 Å². The van der Waals surface area contributed by atoms with Gasteiger partial charge in [-0.1, -0.05) is 6.08 Å². The van der Waals surface area contributed by atoms with Gasteiger partial charge in [0.1, 0.15) is 0 Å². The monoisotopic (exact) mass is 96.1 g/mol. The highest BCUT2D eigenvalue weighted by atomic mass is 14.8. The van der Waals surface area contributed by atoms with Crippen molar-refractivity contribution in [3.8, 4) is 0 Å². The van der Waals surface area contributed by atoms with Gasteiger partial charge >= 0.3 is 0 Å². The molecule has 2 nitrogen and oxygen atoms in total. The molecule has 0 fully saturated rings. The Balaban J connectivity index is 3.56. The summed E-state index contributed by atoms with van der Waals surface area (Å²) in [6.45, 7) is 5.30. The van der Waals surface area contributed by atoms with E-state index in [4.69, 9.17) is 5.41 Å². The van der Waals surface area contributed by atoms with E-state index in [1.54, 1.807) is 6.08 Å². The Morgan fingerprint density at radius 1 is 2.00 bits per heavy atom. The standard InChI is InChI=1S/C5H8N2/c1-3-5(2)7-4-6/h3,5-6H,1H2,2H3. The zero-order valence-electron chi connectivity index (χ0n) is 4.31. The number of rotatable bonds is 2. The molecule has 2 heteroatoms. The molecule has 7 heavy (non-hydrogen) atoms. The largest absolute Gasteiger partial charge is 0.242 e. The molecule has 0 amide bonds. The van der Waals surface area contributed by atoms with Crippen LogP contribution in [0, 0.1) is 5.41 Å². The highest BCUT2D eigenvalue weighted by Gasteiger charge is 1.82. The molecule has 0 spiro atoms. The molecule has 38 valence electrons. The lowest BCUT2D eigenvalue weighted by atomic mass is 10.4. The summed E-state index contributed by atoms with van der Waals surface area (Å²) in [5.74, 6) is 0. The van der Waals surface area contributed by atoms with Crippen molar-refractivity contribution in [3.63, 3.8) is 0 Å². The molecule has 0 aromatic heterocycles. The Hall–Kier alpha value is -0.880. The molecule has 0 aromatic rings. The van der Waals surface area contributed by atoms with Gasteiger partial charge in [0.05, 0.1) is 12.1 Å². The zero-order chi connectivity index (χ0) is 5.70. The van der Waals surface area contributed by atoms with Crippen LogP contribution in [-0.2, 0) is 0 Å². The lowest BCUT2D eigenvalue weighted by Crippen LogP contribution is -1.86. The fourth-order valence-electron chi connectivity index (χ4n) is 0.155. The highest BCUT2D eigenvalue weighted by molar-refractivity contribution is 5.36. The van der Waals surface area contributed by atoms with Crippen molar-refractivity contribution in [2.75, 3.05) is 0 Å². The summed E-state index contributed by atoms with van der Waals surface area (Å²) in [6.07, 6.45) is 1.65. The van der Waals surface area contributed by atoms with E-state index >= 15 is 0 Å². The van der Waals surface area contributed by atoms with Gasteiger partial charge in [0.25, 0.3) is 0 Å². The van der Waals surface area contributed by atoms with Gasteiger partial charge in [0.2, 0.25) is 0 Å². The maximum atomic E-state index is 6.37. The van der Waals surface area contributed by atoms with Crippen molar-refractivity contribution in [2.24, 2.45) is 4.99 Å². The summed E-state index contributed by atoms with van der Waals surface area (Å²) in [6, 6.07) is 1.96. The molecule has 0 aliphatic heterocycles. The molecular formula is C5H8N2. The quantitative estimate of drug-likeness (QED) is 0.397. The fraction of sp³-hybridized carbons (Fsp3) is 0.400. The van der Waals surface area contributed by atoms with Crippen LogP contribution in [0.3, 0.4) is 0 Å². The first-order chi connectivity index (χ1) is 3.31. The van der Waals surface area contributed by atoms with E-state index in [0.717, 1.165) is 0 Å². The molecule has 1 atom stereocenters. The predicted molar refractivity (Wildman–Crippen MR) is 29.8 cm³/mol. The van der Waals surface area contributed by atoms with E-state index in [0.29, 0.717) is 0 Å². The zero-order valence-corrected chi connectivity index (χ0v) is 4.31. The summed E-state index contributed by atoms with van der Waals surface area (Å²) in [5, 5.41) is 6.37. The molecule has 0 radical (unpaired) electrons. The molecule has 0 aliphatic rings. The first kappa shape index (κ1) is 6.12. The van der Waals surface area contributed by atoms with E-state index < -0.39 is 0 Å². The van der Waals surface area contributed by atoms with Crippen LogP contribution < -0.4 is 0 Å². The summed E-state index contributed by atoms with van der Waals surface area (Å²) in [4.78, 5) is 3.54. The fourth-order valence-corrected chi connectivity index (χ4v) is 0.155. The molecule has 0 saturated heterocycles. The second kappa shape index (κ2) is 3.32. The lowest BCUT2D eigenvalue weighted by Gasteiger charge is -1.87. The number of aliphatic imine (C=N–C) groups is 1. The lowest BCUT2D eigenvalue weighted by molar-refractivity contribution is 0.935. The summed E-state index contributed by atoms with van der Waals surface area (Å²) >= 11 is 0. The van der Waals surface area contributed by atoms with E-state index in [2.05, 4.69) is 11.6 Å². The topological polar surface area (TPSA) is 36.2 Å². The third kappa shape index (κ3) is 2.94. The summed E-state index contributed by atoms with van der Waals surface area (Å²) in [7, 11) is 0. The van der Waals surface area contributed by atoms with Gasteiger partial charge in [-0.05, 0) is 6.92 Å². The Morgan fingerprint density at radius 3 is 2.71 bits per heavy atom. The van der Waals surface area contributed by atoms with E-state index in [-0.39, 0.29) is 6.04 Å². The van der Waals surface area contributed by atoms with Gasteiger partial charge in [-0.3, -0.25) is 0 Å². The van der Waals surface area contributed by atoms with Gasteiger partial charge in [-0.15, -0.1) is 6.58 Å². The predicted octanol–water partition coefficient (Wildman–Crippen LogP) is 1.31. The molecule has 0 saturated carbocycles. The molecule has 1 N–H and O–H groups in total. The molecule has 0 rings (SSSR count). The number of hydrogen-bond acceptors (Lipinski definition) is 2. The first-order valence-corrected chi connectivity index (χ1v) is 2.05. The molecule has 0 aliphatic carbocycles. The van der Waals surface area contributed by atoms with E-state index in [1.165, 1.54) is 0 Å². The molecule has 0 heterocycles. The Bertz CT molecular complexity index is 101. The van der Waals surface area contributed by atoms with Crippen LogP contribution in [0.15, 0.2) is 17.6 Å².